The van der Waals surface area contributed by atoms with Gasteiger partial charge in [-0.25, -0.2) is 0 Å². The summed E-state index contributed by atoms with van der Waals surface area (Å²) in [5, 5.41) is 3.02. The summed E-state index contributed by atoms with van der Waals surface area (Å²) in [4.78, 5) is 11.4. The highest BCUT2D eigenvalue weighted by Gasteiger charge is 2.30. The normalized spacial score (nSPS) is 30.1. The zero-order valence-corrected chi connectivity index (χ0v) is 8.08. The van der Waals surface area contributed by atoms with Gasteiger partial charge in [-0.15, -0.1) is 0 Å². The molecule has 1 saturated heterocycles. The lowest BCUT2D eigenvalue weighted by Gasteiger charge is -2.34. The number of amides is 1. The van der Waals surface area contributed by atoms with Gasteiger partial charge in [-0.1, -0.05) is 6.42 Å². The van der Waals surface area contributed by atoms with Crippen LogP contribution in [0.5, 0.6) is 0 Å². The van der Waals surface area contributed by atoms with Crippen LogP contribution in [0.4, 0.5) is 0 Å². The average molecular weight is 183 g/mol. The lowest BCUT2D eigenvalue weighted by atomic mass is 9.80. The Bertz CT molecular complexity index is 197. The maximum atomic E-state index is 11.4. The minimum Gasteiger partial charge on any atom is -0.368 e. The van der Waals surface area contributed by atoms with Crippen molar-refractivity contribution in [1.29, 1.82) is 0 Å². The lowest BCUT2D eigenvalue weighted by molar-refractivity contribution is -0.146. The van der Waals surface area contributed by atoms with Crippen LogP contribution in [0.25, 0.3) is 0 Å². The van der Waals surface area contributed by atoms with Crippen LogP contribution in [0.15, 0.2) is 0 Å². The van der Waals surface area contributed by atoms with Crippen LogP contribution in [-0.2, 0) is 9.53 Å². The molecule has 1 saturated carbocycles. The number of ether oxygens (including phenoxy) is 1. The van der Waals surface area contributed by atoms with Gasteiger partial charge in [0, 0.05) is 12.5 Å². The molecule has 74 valence electrons. The molecule has 0 aromatic carbocycles. The second-order valence-electron chi connectivity index (χ2n) is 4.14. The van der Waals surface area contributed by atoms with E-state index in [4.69, 9.17) is 4.74 Å². The van der Waals surface area contributed by atoms with Crippen molar-refractivity contribution >= 4 is 5.91 Å². The zero-order chi connectivity index (χ0) is 9.26. The van der Waals surface area contributed by atoms with E-state index in [1.807, 2.05) is 0 Å². The minimum atomic E-state index is -0.150. The first-order chi connectivity index (χ1) is 6.27. The maximum Gasteiger partial charge on any atom is 0.249 e. The summed E-state index contributed by atoms with van der Waals surface area (Å²) in [6.07, 6.45) is 4.61. The summed E-state index contributed by atoms with van der Waals surface area (Å²) in [5.74, 6) is 0.801. The summed E-state index contributed by atoms with van der Waals surface area (Å²) in [6.45, 7) is 2.84. The Morgan fingerprint density at radius 1 is 1.46 bits per heavy atom. The van der Waals surface area contributed by atoms with Crippen LogP contribution in [0.3, 0.4) is 0 Å². The average Bonchev–Trinajstić information content (AvgIpc) is 1.76. The highest BCUT2D eigenvalue weighted by Crippen LogP contribution is 2.29. The maximum absolute atomic E-state index is 11.4. The van der Waals surface area contributed by atoms with Crippen molar-refractivity contribution < 1.29 is 9.53 Å². The van der Waals surface area contributed by atoms with Crippen LogP contribution in [0, 0.1) is 5.92 Å². The topological polar surface area (TPSA) is 38.3 Å². The Balaban J connectivity index is 1.72. The Morgan fingerprint density at radius 3 is 2.54 bits per heavy atom. The van der Waals surface area contributed by atoms with E-state index in [1.54, 1.807) is 0 Å². The molecular formula is C10H17NO2. The predicted molar refractivity (Wildman–Crippen MR) is 49.3 cm³/mol. The quantitative estimate of drug-likeness (QED) is 0.711. The third-order valence-electron chi connectivity index (χ3n) is 3.22. The summed E-state index contributed by atoms with van der Waals surface area (Å²) >= 11 is 0. The van der Waals surface area contributed by atoms with E-state index in [2.05, 4.69) is 12.2 Å². The van der Waals surface area contributed by atoms with Crippen molar-refractivity contribution in [1.82, 2.24) is 5.32 Å². The first-order valence-corrected chi connectivity index (χ1v) is 5.19. The fourth-order valence-electron chi connectivity index (χ4n) is 1.82. The SMILES string of the molecule is CC(NC(=O)C1CCO1)C1CCC1. The first kappa shape index (κ1) is 9.00. The van der Waals surface area contributed by atoms with Crippen LogP contribution in [0.2, 0.25) is 0 Å². The largest absolute Gasteiger partial charge is 0.368 e. The molecule has 0 radical (unpaired) electrons. The molecule has 3 heteroatoms. The van der Waals surface area contributed by atoms with Crippen molar-refractivity contribution in [2.24, 2.45) is 5.92 Å². The molecule has 0 aromatic rings. The Hall–Kier alpha value is -0.570. The van der Waals surface area contributed by atoms with Gasteiger partial charge in [0.25, 0.3) is 0 Å². The predicted octanol–water partition coefficient (Wildman–Crippen LogP) is 1.08. The molecule has 13 heavy (non-hydrogen) atoms. The van der Waals surface area contributed by atoms with Gasteiger partial charge in [-0.2, -0.15) is 0 Å². The zero-order valence-electron chi connectivity index (χ0n) is 8.08. The van der Waals surface area contributed by atoms with E-state index in [1.165, 1.54) is 19.3 Å². The van der Waals surface area contributed by atoms with Crippen molar-refractivity contribution in [2.75, 3.05) is 6.61 Å². The minimum absolute atomic E-state index is 0.0886. The molecule has 2 aliphatic rings. The second-order valence-corrected chi connectivity index (χ2v) is 4.14. The van der Waals surface area contributed by atoms with Crippen molar-refractivity contribution in [3.8, 4) is 0 Å². The van der Waals surface area contributed by atoms with Crippen LogP contribution in [-0.4, -0.2) is 24.7 Å². The number of hydrogen-bond donors (Lipinski definition) is 1. The number of carbonyl (C=O) groups excluding carboxylic acids is 1. The van der Waals surface area contributed by atoms with E-state index >= 15 is 0 Å². The molecule has 2 unspecified atom stereocenters. The first-order valence-electron chi connectivity index (χ1n) is 5.19. The molecule has 1 aliphatic carbocycles. The third-order valence-corrected chi connectivity index (χ3v) is 3.22. The van der Waals surface area contributed by atoms with Crippen molar-refractivity contribution in [3.63, 3.8) is 0 Å². The van der Waals surface area contributed by atoms with Gasteiger partial charge in [0.1, 0.15) is 6.10 Å². The van der Waals surface area contributed by atoms with E-state index < -0.39 is 0 Å². The van der Waals surface area contributed by atoms with Crippen LogP contribution < -0.4 is 5.32 Å². The molecule has 0 spiro atoms. The molecule has 2 rings (SSSR count). The van der Waals surface area contributed by atoms with Crippen molar-refractivity contribution in [3.05, 3.63) is 0 Å². The van der Waals surface area contributed by atoms with E-state index in [9.17, 15) is 4.79 Å². The third kappa shape index (κ3) is 1.85. The molecule has 3 nitrogen and oxygen atoms in total. The molecule has 0 bridgehead atoms. The highest BCUT2D eigenvalue weighted by molar-refractivity contribution is 5.81. The monoisotopic (exact) mass is 183 g/mol. The van der Waals surface area contributed by atoms with Crippen molar-refractivity contribution in [2.45, 2.75) is 44.8 Å². The lowest BCUT2D eigenvalue weighted by Crippen LogP contribution is -2.49. The summed E-state index contributed by atoms with van der Waals surface area (Å²) in [5.41, 5.74) is 0. The van der Waals surface area contributed by atoms with Crippen LogP contribution >= 0.6 is 0 Å². The van der Waals surface area contributed by atoms with Gasteiger partial charge in [-0.3, -0.25) is 4.79 Å². The summed E-state index contributed by atoms with van der Waals surface area (Å²) in [7, 11) is 0. The number of hydrogen-bond acceptors (Lipinski definition) is 2. The Kier molecular flexibility index (Phi) is 2.54. The number of nitrogens with one attached hydrogen (secondary N) is 1. The smallest absolute Gasteiger partial charge is 0.249 e. The number of carbonyl (C=O) groups is 1. The molecule has 2 fully saturated rings. The van der Waals surface area contributed by atoms with E-state index in [-0.39, 0.29) is 12.0 Å². The fourth-order valence-corrected chi connectivity index (χ4v) is 1.82. The molecule has 1 N–H and O–H groups in total. The summed E-state index contributed by atoms with van der Waals surface area (Å²) < 4.78 is 5.11. The van der Waals surface area contributed by atoms with Gasteiger partial charge in [0.2, 0.25) is 5.91 Å². The van der Waals surface area contributed by atoms with E-state index in [0.717, 1.165) is 13.0 Å². The molecule has 1 heterocycles. The standard InChI is InChI=1S/C10H17NO2/c1-7(8-3-2-4-8)11-10(12)9-5-6-13-9/h7-9H,2-6H2,1H3,(H,11,12). The Morgan fingerprint density at radius 2 is 2.15 bits per heavy atom. The van der Waals surface area contributed by atoms with Gasteiger partial charge < -0.3 is 10.1 Å². The van der Waals surface area contributed by atoms with Gasteiger partial charge in [-0.05, 0) is 25.7 Å². The van der Waals surface area contributed by atoms with Gasteiger partial charge in [0.05, 0.1) is 6.61 Å². The Labute approximate surface area is 78.8 Å². The fraction of sp³-hybridized carbons (Fsp3) is 0.900. The molecule has 2 atom stereocenters. The van der Waals surface area contributed by atoms with Gasteiger partial charge in [0.15, 0.2) is 0 Å². The molecule has 1 aliphatic heterocycles. The van der Waals surface area contributed by atoms with Gasteiger partial charge >= 0.3 is 0 Å². The summed E-state index contributed by atoms with van der Waals surface area (Å²) in [6, 6.07) is 0.338. The molecule has 0 aromatic heterocycles. The van der Waals surface area contributed by atoms with E-state index in [0.29, 0.717) is 12.0 Å². The highest BCUT2D eigenvalue weighted by atomic mass is 16.5. The second kappa shape index (κ2) is 3.66. The number of rotatable bonds is 3. The van der Waals surface area contributed by atoms with Crippen LogP contribution in [0.1, 0.15) is 32.6 Å². The molecular weight excluding hydrogens is 166 g/mol. The molecule has 1 amide bonds.